The van der Waals surface area contributed by atoms with Crippen LogP contribution in [0, 0.1) is 0 Å². The fourth-order valence-electron chi connectivity index (χ4n) is 3.33. The zero-order valence-corrected chi connectivity index (χ0v) is 19.0. The molecule has 0 saturated heterocycles. The average molecular weight is 433 g/mol. The standard InChI is InChI=1S/C27H32N2O3/c1-3-5-7-9-21-19-28-27(29-20-21)32-26(30)24-12-10-22(11-13-24)23-14-16-25(17-15-23)31-18-8-6-4-2/h10-17,19-20H,3-9,18H2,1-2H3. The predicted molar refractivity (Wildman–Crippen MR) is 127 cm³/mol. The van der Waals surface area contributed by atoms with E-state index in [-0.39, 0.29) is 6.01 Å². The van der Waals surface area contributed by atoms with Crippen molar-refractivity contribution in [1.82, 2.24) is 9.97 Å². The van der Waals surface area contributed by atoms with Crippen LogP contribution in [0.1, 0.15) is 68.3 Å². The second kappa shape index (κ2) is 12.6. The van der Waals surface area contributed by atoms with Gasteiger partial charge in [0, 0.05) is 12.4 Å². The molecule has 0 radical (unpaired) electrons. The number of carbonyl (C=O) groups excluding carboxylic acids is 1. The van der Waals surface area contributed by atoms with Crippen molar-refractivity contribution < 1.29 is 14.3 Å². The van der Waals surface area contributed by atoms with E-state index >= 15 is 0 Å². The van der Waals surface area contributed by atoms with Gasteiger partial charge in [0.2, 0.25) is 0 Å². The Kier molecular flexibility index (Phi) is 9.23. The Morgan fingerprint density at radius 2 is 1.38 bits per heavy atom. The molecule has 3 rings (SSSR count). The molecule has 2 aromatic carbocycles. The molecule has 5 heteroatoms. The summed E-state index contributed by atoms with van der Waals surface area (Å²) in [5.74, 6) is 0.410. The highest BCUT2D eigenvalue weighted by Gasteiger charge is 2.11. The van der Waals surface area contributed by atoms with Crippen LogP contribution in [0.5, 0.6) is 11.8 Å². The molecule has 0 aliphatic heterocycles. The summed E-state index contributed by atoms with van der Waals surface area (Å²) in [6.45, 7) is 5.10. The van der Waals surface area contributed by atoms with Crippen molar-refractivity contribution in [2.45, 2.75) is 58.8 Å². The van der Waals surface area contributed by atoms with E-state index in [1.54, 1.807) is 24.5 Å². The molecule has 0 aliphatic rings. The first-order valence-corrected chi connectivity index (χ1v) is 11.6. The first-order valence-electron chi connectivity index (χ1n) is 11.6. The third-order valence-corrected chi connectivity index (χ3v) is 5.26. The van der Waals surface area contributed by atoms with E-state index in [0.717, 1.165) is 48.3 Å². The fourth-order valence-corrected chi connectivity index (χ4v) is 3.33. The lowest BCUT2D eigenvalue weighted by Crippen LogP contribution is -2.10. The first kappa shape index (κ1) is 23.5. The number of carbonyl (C=O) groups is 1. The van der Waals surface area contributed by atoms with Gasteiger partial charge in [-0.3, -0.25) is 0 Å². The highest BCUT2D eigenvalue weighted by Crippen LogP contribution is 2.23. The Morgan fingerprint density at radius 3 is 2.00 bits per heavy atom. The minimum absolute atomic E-state index is 0.0767. The number of benzene rings is 2. The maximum atomic E-state index is 12.4. The van der Waals surface area contributed by atoms with Crippen LogP contribution < -0.4 is 9.47 Å². The van der Waals surface area contributed by atoms with Gasteiger partial charge < -0.3 is 9.47 Å². The van der Waals surface area contributed by atoms with Gasteiger partial charge >= 0.3 is 12.0 Å². The Balaban J connectivity index is 1.54. The van der Waals surface area contributed by atoms with Crippen molar-refractivity contribution in [2.75, 3.05) is 6.61 Å². The molecule has 0 unspecified atom stereocenters. The van der Waals surface area contributed by atoms with Crippen molar-refractivity contribution >= 4 is 5.97 Å². The maximum Gasteiger partial charge on any atom is 0.345 e. The van der Waals surface area contributed by atoms with E-state index in [2.05, 4.69) is 23.8 Å². The minimum Gasteiger partial charge on any atom is -0.494 e. The van der Waals surface area contributed by atoms with Gasteiger partial charge in [-0.1, -0.05) is 63.8 Å². The van der Waals surface area contributed by atoms with Gasteiger partial charge in [0.1, 0.15) is 5.75 Å². The smallest absolute Gasteiger partial charge is 0.345 e. The van der Waals surface area contributed by atoms with E-state index < -0.39 is 5.97 Å². The number of unbranched alkanes of at least 4 members (excludes halogenated alkanes) is 4. The van der Waals surface area contributed by atoms with Crippen LogP contribution in [0.3, 0.4) is 0 Å². The molecule has 0 aliphatic carbocycles. The topological polar surface area (TPSA) is 61.3 Å². The zero-order chi connectivity index (χ0) is 22.6. The molecule has 0 saturated carbocycles. The van der Waals surface area contributed by atoms with Crippen molar-refractivity contribution in [3.8, 4) is 22.9 Å². The molecule has 0 N–H and O–H groups in total. The normalized spacial score (nSPS) is 10.7. The molecular weight excluding hydrogens is 400 g/mol. The second-order valence-electron chi connectivity index (χ2n) is 7.88. The SMILES string of the molecule is CCCCCOc1ccc(-c2ccc(C(=O)Oc3ncc(CCCCC)cn3)cc2)cc1. The van der Waals surface area contributed by atoms with Gasteiger partial charge in [-0.25, -0.2) is 14.8 Å². The van der Waals surface area contributed by atoms with Gasteiger partial charge in [-0.05, 0) is 60.2 Å². The molecule has 1 heterocycles. The monoisotopic (exact) mass is 432 g/mol. The molecule has 0 spiro atoms. The summed E-state index contributed by atoms with van der Waals surface area (Å²) >= 11 is 0. The van der Waals surface area contributed by atoms with Crippen molar-refractivity contribution in [3.05, 3.63) is 72.1 Å². The second-order valence-corrected chi connectivity index (χ2v) is 7.88. The maximum absolute atomic E-state index is 12.4. The van der Waals surface area contributed by atoms with E-state index in [1.807, 2.05) is 36.4 Å². The number of hydrogen-bond acceptors (Lipinski definition) is 5. The highest BCUT2D eigenvalue weighted by molar-refractivity contribution is 5.91. The molecule has 3 aromatic rings. The molecule has 1 aromatic heterocycles. The molecular formula is C27H32N2O3. The summed E-state index contributed by atoms with van der Waals surface area (Å²) in [6.07, 6.45) is 11.3. The Hall–Kier alpha value is -3.21. The lowest BCUT2D eigenvalue weighted by Gasteiger charge is -2.08. The molecule has 0 atom stereocenters. The zero-order valence-electron chi connectivity index (χ0n) is 19.0. The van der Waals surface area contributed by atoms with Crippen molar-refractivity contribution in [2.24, 2.45) is 0 Å². The Morgan fingerprint density at radius 1 is 0.781 bits per heavy atom. The highest BCUT2D eigenvalue weighted by atomic mass is 16.5. The summed E-state index contributed by atoms with van der Waals surface area (Å²) in [5.41, 5.74) is 3.60. The third kappa shape index (κ3) is 7.19. The van der Waals surface area contributed by atoms with E-state index in [1.165, 1.54) is 25.7 Å². The van der Waals surface area contributed by atoms with Crippen LogP contribution in [-0.4, -0.2) is 22.5 Å². The van der Waals surface area contributed by atoms with Gasteiger partial charge in [-0.15, -0.1) is 0 Å². The quantitative estimate of drug-likeness (QED) is 0.236. The summed E-state index contributed by atoms with van der Waals surface area (Å²) in [6, 6.07) is 15.4. The minimum atomic E-state index is -0.467. The largest absolute Gasteiger partial charge is 0.494 e. The van der Waals surface area contributed by atoms with Gasteiger partial charge in [0.25, 0.3) is 0 Å². The summed E-state index contributed by atoms with van der Waals surface area (Å²) in [7, 11) is 0. The van der Waals surface area contributed by atoms with Gasteiger partial charge in [0.05, 0.1) is 12.2 Å². The van der Waals surface area contributed by atoms with Crippen LogP contribution in [0.15, 0.2) is 60.9 Å². The summed E-state index contributed by atoms with van der Waals surface area (Å²) < 4.78 is 11.1. The molecule has 0 amide bonds. The number of nitrogens with zero attached hydrogens (tertiary/aromatic N) is 2. The fraction of sp³-hybridized carbons (Fsp3) is 0.370. The molecule has 0 fully saturated rings. The molecule has 5 nitrogen and oxygen atoms in total. The predicted octanol–water partition coefficient (Wildman–Crippen LogP) is 6.66. The lowest BCUT2D eigenvalue weighted by molar-refractivity contribution is 0.0719. The van der Waals surface area contributed by atoms with Crippen molar-refractivity contribution in [1.29, 1.82) is 0 Å². The van der Waals surface area contributed by atoms with Crippen LogP contribution >= 0.6 is 0 Å². The van der Waals surface area contributed by atoms with E-state index in [9.17, 15) is 4.79 Å². The van der Waals surface area contributed by atoms with E-state index in [0.29, 0.717) is 5.56 Å². The number of aromatic nitrogens is 2. The van der Waals surface area contributed by atoms with E-state index in [4.69, 9.17) is 9.47 Å². The van der Waals surface area contributed by atoms with Crippen molar-refractivity contribution in [3.63, 3.8) is 0 Å². The van der Waals surface area contributed by atoms with Gasteiger partial charge in [-0.2, -0.15) is 0 Å². The first-order chi connectivity index (χ1) is 15.7. The Bertz CT molecular complexity index is 952. The van der Waals surface area contributed by atoms with Gasteiger partial charge in [0.15, 0.2) is 0 Å². The number of rotatable bonds is 12. The van der Waals surface area contributed by atoms with Crippen LogP contribution in [0.4, 0.5) is 0 Å². The number of ether oxygens (including phenoxy) is 2. The van der Waals surface area contributed by atoms with Crippen LogP contribution in [0.2, 0.25) is 0 Å². The number of esters is 1. The Labute approximate surface area is 190 Å². The molecule has 168 valence electrons. The summed E-state index contributed by atoms with van der Waals surface area (Å²) in [4.78, 5) is 20.8. The third-order valence-electron chi connectivity index (χ3n) is 5.26. The van der Waals surface area contributed by atoms with Crippen LogP contribution in [0.25, 0.3) is 11.1 Å². The molecule has 0 bridgehead atoms. The number of hydrogen-bond donors (Lipinski definition) is 0. The number of aryl methyl sites for hydroxylation is 1. The average Bonchev–Trinajstić information content (AvgIpc) is 2.84. The lowest BCUT2D eigenvalue weighted by atomic mass is 10.0. The summed E-state index contributed by atoms with van der Waals surface area (Å²) in [5, 5.41) is 0. The molecule has 32 heavy (non-hydrogen) atoms. The van der Waals surface area contributed by atoms with Crippen LogP contribution in [-0.2, 0) is 6.42 Å².